The van der Waals surface area contributed by atoms with Crippen LogP contribution in [-0.2, 0) is 11.3 Å². The quantitative estimate of drug-likeness (QED) is 0.497. The number of H-pyrrole nitrogens is 1. The molecular weight excluding hydrogens is 418 g/mol. The molecule has 0 bridgehead atoms. The fraction of sp³-hybridized carbons (Fsp3) is 0.273. The van der Waals surface area contributed by atoms with E-state index in [4.69, 9.17) is 16.3 Å². The van der Waals surface area contributed by atoms with Gasteiger partial charge in [0.25, 0.3) is 5.91 Å². The third-order valence-electron chi connectivity index (χ3n) is 4.66. The molecule has 162 valence electrons. The van der Waals surface area contributed by atoms with Crippen molar-refractivity contribution in [2.45, 2.75) is 26.4 Å². The smallest absolute Gasteiger partial charge is 0.253 e. The van der Waals surface area contributed by atoms with Crippen LogP contribution in [0.1, 0.15) is 30.0 Å². The number of nitrogens with one attached hydrogen (secondary N) is 3. The number of aromatic nitrogens is 3. The van der Waals surface area contributed by atoms with Crippen LogP contribution < -0.4 is 15.4 Å². The molecule has 9 heteroatoms. The van der Waals surface area contributed by atoms with E-state index >= 15 is 0 Å². The fourth-order valence-electron chi connectivity index (χ4n) is 2.92. The fourth-order valence-corrected chi connectivity index (χ4v) is 3.15. The van der Waals surface area contributed by atoms with Gasteiger partial charge in [-0.15, -0.1) is 0 Å². The van der Waals surface area contributed by atoms with Gasteiger partial charge < -0.3 is 15.4 Å². The van der Waals surface area contributed by atoms with E-state index in [1.165, 1.54) is 0 Å². The molecule has 0 radical (unpaired) electrons. The summed E-state index contributed by atoms with van der Waals surface area (Å²) >= 11 is 6.08. The Balaban J connectivity index is 1.62. The van der Waals surface area contributed by atoms with Gasteiger partial charge in [-0.25, -0.2) is 4.98 Å². The number of carbonyl (C=O) groups is 2. The monoisotopic (exact) mass is 441 g/mol. The highest BCUT2D eigenvalue weighted by molar-refractivity contribution is 6.33. The van der Waals surface area contributed by atoms with Crippen LogP contribution in [0.3, 0.4) is 0 Å². The van der Waals surface area contributed by atoms with Gasteiger partial charge in [0, 0.05) is 5.56 Å². The van der Waals surface area contributed by atoms with Crippen LogP contribution in [0.15, 0.2) is 48.5 Å². The molecule has 1 unspecified atom stereocenters. The van der Waals surface area contributed by atoms with Crippen molar-refractivity contribution in [2.24, 2.45) is 5.92 Å². The maximum Gasteiger partial charge on any atom is 0.253 e. The lowest BCUT2D eigenvalue weighted by molar-refractivity contribution is -0.124. The Morgan fingerprint density at radius 2 is 1.84 bits per heavy atom. The largest absolute Gasteiger partial charge is 0.497 e. The summed E-state index contributed by atoms with van der Waals surface area (Å²) in [7, 11) is 1.60. The van der Waals surface area contributed by atoms with Gasteiger partial charge in [0.15, 0.2) is 5.82 Å². The van der Waals surface area contributed by atoms with Gasteiger partial charge in [0.2, 0.25) is 5.91 Å². The van der Waals surface area contributed by atoms with Crippen molar-refractivity contribution in [1.82, 2.24) is 25.8 Å². The molecule has 2 amide bonds. The Hall–Kier alpha value is -3.39. The minimum atomic E-state index is -0.729. The van der Waals surface area contributed by atoms with Gasteiger partial charge in [-0.3, -0.25) is 14.7 Å². The van der Waals surface area contributed by atoms with E-state index in [0.717, 1.165) is 11.3 Å². The maximum absolute atomic E-state index is 12.7. The van der Waals surface area contributed by atoms with Gasteiger partial charge in [-0.05, 0) is 42.3 Å². The number of hydrogen-bond acceptors (Lipinski definition) is 5. The summed E-state index contributed by atoms with van der Waals surface area (Å²) in [6, 6.07) is 13.3. The van der Waals surface area contributed by atoms with E-state index in [0.29, 0.717) is 22.2 Å². The van der Waals surface area contributed by atoms with E-state index in [1.807, 2.05) is 38.1 Å². The maximum atomic E-state index is 12.7. The number of amides is 2. The Labute approximate surface area is 185 Å². The van der Waals surface area contributed by atoms with Crippen LogP contribution >= 0.6 is 11.6 Å². The Bertz CT molecular complexity index is 1050. The first kappa shape index (κ1) is 22.3. The highest BCUT2D eigenvalue weighted by atomic mass is 35.5. The SMILES string of the molecule is COc1ccc(-c2n[nH]c(CNC(=O)C(NC(=O)c3ccccc3Cl)C(C)C)n2)cc1. The zero-order valence-electron chi connectivity index (χ0n) is 17.5. The van der Waals surface area contributed by atoms with Crippen molar-refractivity contribution in [2.75, 3.05) is 7.11 Å². The number of rotatable bonds is 8. The Morgan fingerprint density at radius 3 is 2.48 bits per heavy atom. The average molecular weight is 442 g/mol. The van der Waals surface area contributed by atoms with Gasteiger partial charge in [0.05, 0.1) is 24.2 Å². The molecule has 3 N–H and O–H groups in total. The summed E-state index contributed by atoms with van der Waals surface area (Å²) in [5.74, 6) is 0.901. The second kappa shape index (κ2) is 10.1. The molecule has 0 aliphatic heterocycles. The van der Waals surface area contributed by atoms with Crippen LogP contribution in [0.5, 0.6) is 5.75 Å². The van der Waals surface area contributed by atoms with Crippen molar-refractivity contribution in [3.8, 4) is 17.1 Å². The second-order valence-corrected chi connectivity index (χ2v) is 7.63. The molecule has 3 aromatic rings. The number of hydrogen-bond donors (Lipinski definition) is 3. The highest BCUT2D eigenvalue weighted by Gasteiger charge is 2.25. The summed E-state index contributed by atoms with van der Waals surface area (Å²) in [5.41, 5.74) is 1.14. The number of carbonyl (C=O) groups excluding carboxylic acids is 2. The Kier molecular flexibility index (Phi) is 7.25. The molecule has 0 spiro atoms. The molecule has 0 saturated carbocycles. The van der Waals surface area contributed by atoms with Crippen molar-refractivity contribution >= 4 is 23.4 Å². The molecule has 2 aromatic carbocycles. The number of aromatic amines is 1. The van der Waals surface area contributed by atoms with E-state index < -0.39 is 11.9 Å². The van der Waals surface area contributed by atoms with E-state index in [9.17, 15) is 9.59 Å². The third kappa shape index (κ3) is 5.61. The van der Waals surface area contributed by atoms with Gasteiger partial charge in [-0.2, -0.15) is 5.10 Å². The van der Waals surface area contributed by atoms with Crippen molar-refractivity contribution in [1.29, 1.82) is 0 Å². The predicted octanol–water partition coefficient (Wildman–Crippen LogP) is 3.20. The van der Waals surface area contributed by atoms with Crippen LogP contribution in [0, 0.1) is 5.92 Å². The highest BCUT2D eigenvalue weighted by Crippen LogP contribution is 2.19. The molecule has 1 heterocycles. The summed E-state index contributed by atoms with van der Waals surface area (Å²) < 4.78 is 5.15. The van der Waals surface area contributed by atoms with Crippen LogP contribution in [0.4, 0.5) is 0 Å². The summed E-state index contributed by atoms with van der Waals surface area (Å²) in [6.07, 6.45) is 0. The molecule has 31 heavy (non-hydrogen) atoms. The standard InChI is InChI=1S/C22H24ClN5O3/c1-13(2)19(26-21(29)16-6-4-5-7-17(16)23)22(30)24-12-18-25-20(28-27-18)14-8-10-15(31-3)11-9-14/h4-11,13,19H,12H2,1-3H3,(H,24,30)(H,26,29)(H,25,27,28). The third-order valence-corrected chi connectivity index (χ3v) is 4.99. The van der Waals surface area contributed by atoms with E-state index in [1.54, 1.807) is 31.4 Å². The van der Waals surface area contributed by atoms with Crippen LogP contribution in [-0.4, -0.2) is 40.1 Å². The van der Waals surface area contributed by atoms with Gasteiger partial charge >= 0.3 is 0 Å². The molecular formula is C22H24ClN5O3. The first-order valence-electron chi connectivity index (χ1n) is 9.78. The number of methoxy groups -OCH3 is 1. The zero-order valence-corrected chi connectivity index (χ0v) is 18.2. The van der Waals surface area contributed by atoms with Gasteiger partial charge in [0.1, 0.15) is 17.6 Å². The first-order valence-corrected chi connectivity index (χ1v) is 10.2. The molecule has 3 rings (SSSR count). The molecule has 0 aliphatic carbocycles. The van der Waals surface area contributed by atoms with E-state index in [-0.39, 0.29) is 18.4 Å². The summed E-state index contributed by atoms with van der Waals surface area (Å²) in [5, 5.41) is 12.9. The topological polar surface area (TPSA) is 109 Å². The lowest BCUT2D eigenvalue weighted by Gasteiger charge is -2.21. The lowest BCUT2D eigenvalue weighted by Crippen LogP contribution is -2.49. The minimum Gasteiger partial charge on any atom is -0.497 e. The Morgan fingerprint density at radius 1 is 1.13 bits per heavy atom. The predicted molar refractivity (Wildman–Crippen MR) is 118 cm³/mol. The number of halogens is 1. The number of ether oxygens (including phenoxy) is 1. The van der Waals surface area contributed by atoms with Crippen LogP contribution in [0.25, 0.3) is 11.4 Å². The summed E-state index contributed by atoms with van der Waals surface area (Å²) in [6.45, 7) is 3.86. The average Bonchev–Trinajstić information content (AvgIpc) is 3.25. The molecule has 1 atom stereocenters. The molecule has 1 aromatic heterocycles. The molecule has 0 saturated heterocycles. The van der Waals surface area contributed by atoms with Crippen molar-refractivity contribution < 1.29 is 14.3 Å². The zero-order chi connectivity index (χ0) is 22.4. The number of nitrogens with zero attached hydrogens (tertiary/aromatic N) is 2. The normalized spacial score (nSPS) is 11.8. The van der Waals surface area contributed by atoms with Crippen molar-refractivity contribution in [3.63, 3.8) is 0 Å². The molecule has 0 aliphatic rings. The minimum absolute atomic E-state index is 0.129. The van der Waals surface area contributed by atoms with Crippen molar-refractivity contribution in [3.05, 3.63) is 64.9 Å². The summed E-state index contributed by atoms with van der Waals surface area (Å²) in [4.78, 5) is 29.7. The second-order valence-electron chi connectivity index (χ2n) is 7.23. The van der Waals surface area contributed by atoms with E-state index in [2.05, 4.69) is 25.8 Å². The molecule has 8 nitrogen and oxygen atoms in total. The van der Waals surface area contributed by atoms with Gasteiger partial charge in [-0.1, -0.05) is 37.6 Å². The lowest BCUT2D eigenvalue weighted by atomic mass is 10.0. The van der Waals surface area contributed by atoms with Crippen LogP contribution in [0.2, 0.25) is 5.02 Å². The molecule has 0 fully saturated rings. The number of benzene rings is 2. The first-order chi connectivity index (χ1) is 14.9.